The zero-order valence-electron chi connectivity index (χ0n) is 16.8. The third-order valence-electron chi connectivity index (χ3n) is 5.41. The Balaban J connectivity index is 1.84. The molecule has 1 aromatic rings. The summed E-state index contributed by atoms with van der Waals surface area (Å²) in [5.41, 5.74) is 0.324. The molecule has 0 spiro atoms. The number of nitriles is 1. The lowest BCUT2D eigenvalue weighted by molar-refractivity contribution is -0.154. The van der Waals surface area contributed by atoms with E-state index in [9.17, 15) is 18.0 Å². The third-order valence-corrected chi connectivity index (χ3v) is 6.83. The van der Waals surface area contributed by atoms with Gasteiger partial charge in [0.25, 0.3) is 5.91 Å². The SMILES string of the molecule is C[C@@H]1[C@H](C)CCC[C@@H]1NC(=O)[C@@H](C)OC(=O)CNS(=O)(=O)c1ccc(C#N)cc1. The average molecular weight is 422 g/mol. The van der Waals surface area contributed by atoms with Crippen LogP contribution in [0.2, 0.25) is 0 Å². The van der Waals surface area contributed by atoms with Crippen molar-refractivity contribution in [1.29, 1.82) is 5.26 Å². The maximum atomic E-state index is 12.3. The van der Waals surface area contributed by atoms with Gasteiger partial charge in [-0.1, -0.05) is 26.7 Å². The van der Waals surface area contributed by atoms with Crippen LogP contribution in [0.1, 0.15) is 45.6 Å². The first-order chi connectivity index (χ1) is 13.6. The maximum Gasteiger partial charge on any atom is 0.321 e. The third kappa shape index (κ3) is 6.27. The monoisotopic (exact) mass is 421 g/mol. The lowest BCUT2D eigenvalue weighted by Gasteiger charge is -2.35. The fourth-order valence-electron chi connectivity index (χ4n) is 3.32. The van der Waals surface area contributed by atoms with E-state index in [2.05, 4.69) is 23.9 Å². The Morgan fingerprint density at radius 2 is 1.90 bits per heavy atom. The van der Waals surface area contributed by atoms with Gasteiger partial charge < -0.3 is 10.1 Å². The number of ether oxygens (including phenoxy) is 1. The van der Waals surface area contributed by atoms with Crippen LogP contribution >= 0.6 is 0 Å². The molecule has 2 rings (SSSR count). The molecule has 1 saturated carbocycles. The molecule has 1 aromatic carbocycles. The van der Waals surface area contributed by atoms with Crippen LogP contribution in [0.3, 0.4) is 0 Å². The highest BCUT2D eigenvalue weighted by Gasteiger charge is 2.30. The lowest BCUT2D eigenvalue weighted by Crippen LogP contribution is -2.48. The van der Waals surface area contributed by atoms with Crippen LogP contribution < -0.4 is 10.0 Å². The van der Waals surface area contributed by atoms with Crippen LogP contribution in [0.5, 0.6) is 0 Å². The van der Waals surface area contributed by atoms with E-state index < -0.39 is 28.6 Å². The van der Waals surface area contributed by atoms with Crippen molar-refractivity contribution < 1.29 is 22.7 Å². The zero-order chi connectivity index (χ0) is 21.6. The second-order valence-electron chi connectivity index (χ2n) is 7.48. The number of amides is 1. The molecular formula is C20H27N3O5S. The van der Waals surface area contributed by atoms with E-state index in [-0.39, 0.29) is 16.8 Å². The van der Waals surface area contributed by atoms with Crippen molar-refractivity contribution in [2.24, 2.45) is 11.8 Å². The Hall–Kier alpha value is -2.44. The Kier molecular flexibility index (Phi) is 7.76. The van der Waals surface area contributed by atoms with Gasteiger partial charge in [-0.2, -0.15) is 9.98 Å². The van der Waals surface area contributed by atoms with Crippen LogP contribution in [-0.4, -0.2) is 39.0 Å². The van der Waals surface area contributed by atoms with Crippen molar-refractivity contribution in [3.8, 4) is 6.07 Å². The number of hydrogen-bond acceptors (Lipinski definition) is 6. The molecule has 0 unspecified atom stereocenters. The molecule has 1 amide bonds. The molecule has 9 heteroatoms. The molecule has 2 N–H and O–H groups in total. The Labute approximate surface area is 171 Å². The molecule has 0 saturated heterocycles. The van der Waals surface area contributed by atoms with Crippen LogP contribution in [0, 0.1) is 23.2 Å². The fourth-order valence-corrected chi connectivity index (χ4v) is 4.29. The van der Waals surface area contributed by atoms with E-state index >= 15 is 0 Å². The van der Waals surface area contributed by atoms with E-state index in [1.807, 2.05) is 6.07 Å². The summed E-state index contributed by atoms with van der Waals surface area (Å²) in [6, 6.07) is 7.22. The standard InChI is InChI=1S/C20H27N3O5S/c1-13-5-4-6-18(14(13)2)23-20(25)15(3)28-19(24)12-22-29(26,27)17-9-7-16(11-21)8-10-17/h7-10,13-15,18,22H,4-6,12H2,1-3H3,(H,23,25)/t13-,14-,15-,18+/m1/s1. The molecule has 1 aliphatic carbocycles. The zero-order valence-corrected chi connectivity index (χ0v) is 17.7. The molecular weight excluding hydrogens is 394 g/mol. The number of benzene rings is 1. The minimum atomic E-state index is -3.93. The van der Waals surface area contributed by atoms with Crippen molar-refractivity contribution >= 4 is 21.9 Å². The number of hydrogen-bond donors (Lipinski definition) is 2. The molecule has 0 aromatic heterocycles. The Morgan fingerprint density at radius 1 is 1.24 bits per heavy atom. The van der Waals surface area contributed by atoms with Crippen molar-refractivity contribution in [2.45, 2.75) is 57.1 Å². The summed E-state index contributed by atoms with van der Waals surface area (Å²) in [5.74, 6) is -0.382. The van der Waals surface area contributed by atoms with Crippen LogP contribution in [0.25, 0.3) is 0 Å². The minimum Gasteiger partial charge on any atom is -0.452 e. The summed E-state index contributed by atoms with van der Waals surface area (Å²) in [5, 5.41) is 11.7. The first-order valence-corrected chi connectivity index (χ1v) is 11.1. The second-order valence-corrected chi connectivity index (χ2v) is 9.24. The molecule has 158 valence electrons. The van der Waals surface area contributed by atoms with Gasteiger partial charge in [-0.15, -0.1) is 0 Å². The van der Waals surface area contributed by atoms with Gasteiger partial charge >= 0.3 is 5.97 Å². The molecule has 4 atom stereocenters. The van der Waals surface area contributed by atoms with Gasteiger partial charge in [0.05, 0.1) is 16.5 Å². The number of rotatable bonds is 7. The maximum absolute atomic E-state index is 12.3. The predicted octanol–water partition coefficient (Wildman–Crippen LogP) is 1.71. The van der Waals surface area contributed by atoms with Crippen molar-refractivity contribution in [1.82, 2.24) is 10.0 Å². The summed E-state index contributed by atoms with van der Waals surface area (Å²) in [4.78, 5) is 24.2. The van der Waals surface area contributed by atoms with E-state index in [1.54, 1.807) is 0 Å². The number of carbonyl (C=O) groups excluding carboxylic acids is 2. The van der Waals surface area contributed by atoms with Gasteiger partial charge in [0.15, 0.2) is 6.10 Å². The highest BCUT2D eigenvalue weighted by molar-refractivity contribution is 7.89. The van der Waals surface area contributed by atoms with Crippen LogP contribution in [0.4, 0.5) is 0 Å². The quantitative estimate of drug-likeness (QED) is 0.646. The summed E-state index contributed by atoms with van der Waals surface area (Å²) in [6.45, 7) is 5.12. The van der Waals surface area contributed by atoms with Crippen molar-refractivity contribution in [3.63, 3.8) is 0 Å². The smallest absolute Gasteiger partial charge is 0.321 e. The second kappa shape index (κ2) is 9.85. The lowest BCUT2D eigenvalue weighted by atomic mass is 9.78. The van der Waals surface area contributed by atoms with Gasteiger partial charge in [-0.3, -0.25) is 9.59 Å². The molecule has 29 heavy (non-hydrogen) atoms. The first-order valence-electron chi connectivity index (χ1n) is 9.63. The molecule has 0 heterocycles. The highest BCUT2D eigenvalue weighted by atomic mass is 32.2. The number of esters is 1. The molecule has 0 radical (unpaired) electrons. The van der Waals surface area contributed by atoms with Crippen LogP contribution in [0.15, 0.2) is 29.2 Å². The topological polar surface area (TPSA) is 125 Å². The fraction of sp³-hybridized carbons (Fsp3) is 0.550. The predicted molar refractivity (Wildman–Crippen MR) is 106 cm³/mol. The van der Waals surface area contributed by atoms with E-state index in [0.29, 0.717) is 17.4 Å². The summed E-state index contributed by atoms with van der Waals surface area (Å²) in [7, 11) is -3.93. The number of nitrogens with zero attached hydrogens (tertiary/aromatic N) is 1. The normalized spacial score (nSPS) is 22.9. The summed E-state index contributed by atoms with van der Waals surface area (Å²) >= 11 is 0. The number of sulfonamides is 1. The molecule has 1 fully saturated rings. The number of carbonyl (C=O) groups is 2. The van der Waals surface area contributed by atoms with E-state index in [0.717, 1.165) is 19.3 Å². The van der Waals surface area contributed by atoms with Gasteiger partial charge in [-0.25, -0.2) is 8.42 Å². The van der Waals surface area contributed by atoms with E-state index in [1.165, 1.54) is 31.2 Å². The average Bonchev–Trinajstić information content (AvgIpc) is 2.70. The first kappa shape index (κ1) is 22.8. The minimum absolute atomic E-state index is 0.0438. The Bertz CT molecular complexity index is 876. The highest BCUT2D eigenvalue weighted by Crippen LogP contribution is 2.29. The van der Waals surface area contributed by atoms with E-state index in [4.69, 9.17) is 10.00 Å². The summed E-state index contributed by atoms with van der Waals surface area (Å²) < 4.78 is 31.6. The van der Waals surface area contributed by atoms with Gasteiger partial charge in [-0.05, 0) is 49.4 Å². The molecule has 0 bridgehead atoms. The molecule has 1 aliphatic rings. The Morgan fingerprint density at radius 3 is 2.52 bits per heavy atom. The van der Waals surface area contributed by atoms with Crippen molar-refractivity contribution in [2.75, 3.05) is 6.54 Å². The van der Waals surface area contributed by atoms with Gasteiger partial charge in [0.1, 0.15) is 6.54 Å². The molecule has 8 nitrogen and oxygen atoms in total. The van der Waals surface area contributed by atoms with Gasteiger partial charge in [0, 0.05) is 6.04 Å². The largest absolute Gasteiger partial charge is 0.452 e. The van der Waals surface area contributed by atoms with Gasteiger partial charge in [0.2, 0.25) is 10.0 Å². The molecule has 0 aliphatic heterocycles. The number of nitrogens with one attached hydrogen (secondary N) is 2. The van der Waals surface area contributed by atoms with Crippen molar-refractivity contribution in [3.05, 3.63) is 29.8 Å². The summed E-state index contributed by atoms with van der Waals surface area (Å²) in [6.07, 6.45) is 2.05. The van der Waals surface area contributed by atoms with Crippen LogP contribution in [-0.2, 0) is 24.3 Å².